The average Bonchev–Trinajstić information content (AvgIpc) is 3.47. The Labute approximate surface area is 161 Å². The first-order chi connectivity index (χ1) is 14.3. The lowest BCUT2D eigenvalue weighted by molar-refractivity contribution is 0.633. The highest BCUT2D eigenvalue weighted by molar-refractivity contribution is 6.36. The zero-order chi connectivity index (χ0) is 18.9. The van der Waals surface area contributed by atoms with Gasteiger partial charge in [-0.2, -0.15) is 0 Å². The maximum atomic E-state index is 12.9. The van der Waals surface area contributed by atoms with Crippen molar-refractivity contribution in [3.8, 4) is 0 Å². The molecule has 0 spiro atoms. The van der Waals surface area contributed by atoms with Gasteiger partial charge in [-0.3, -0.25) is 13.6 Å². The molecule has 0 aliphatic rings. The van der Waals surface area contributed by atoms with Crippen molar-refractivity contribution in [3.63, 3.8) is 0 Å². The zero-order valence-corrected chi connectivity index (χ0v) is 15.0. The Bertz CT molecular complexity index is 1980. The number of aromatic nitrogens is 3. The van der Waals surface area contributed by atoms with E-state index in [-0.39, 0.29) is 5.56 Å². The normalized spacial score (nSPS) is 13.0. The lowest BCUT2D eigenvalue weighted by atomic mass is 10.0. The van der Waals surface area contributed by atoms with Gasteiger partial charge in [0.15, 0.2) is 0 Å². The summed E-state index contributed by atoms with van der Waals surface area (Å²) in [6.07, 6.45) is 1.73. The third kappa shape index (κ3) is 1.35. The number of nitrogens with zero attached hydrogens (tertiary/aromatic N) is 3. The molecule has 5 nitrogen and oxygen atoms in total. The van der Waals surface area contributed by atoms with Crippen LogP contribution in [0, 0.1) is 0 Å². The highest BCUT2D eigenvalue weighted by Crippen LogP contribution is 2.44. The van der Waals surface area contributed by atoms with Crippen LogP contribution in [0.25, 0.3) is 65.8 Å². The van der Waals surface area contributed by atoms with E-state index in [1.165, 1.54) is 0 Å². The molecule has 8 aromatic rings. The molecule has 0 aliphatic heterocycles. The van der Waals surface area contributed by atoms with Gasteiger partial charge in [-0.15, -0.1) is 0 Å². The number of benzene rings is 3. The first-order valence-electron chi connectivity index (χ1n) is 9.54. The van der Waals surface area contributed by atoms with Crippen molar-refractivity contribution < 1.29 is 4.42 Å². The standard InChI is InChI=1S/C24H11N3O2/c28-24-21-14(11-25-24)19-12-5-1-3-7-15(12)26-17-9-10-18(29-17)27-16-8-4-2-6-13(16)20(21)23(27)22(19)26/h1-11H. The van der Waals surface area contributed by atoms with E-state index in [2.05, 4.69) is 38.1 Å². The largest absolute Gasteiger partial charge is 0.424 e. The Hall–Kier alpha value is -4.12. The van der Waals surface area contributed by atoms with Crippen LogP contribution in [0.15, 0.2) is 76.1 Å². The minimum Gasteiger partial charge on any atom is -0.424 e. The minimum atomic E-state index is -0.176. The first-order valence-corrected chi connectivity index (χ1v) is 9.54. The number of fused-ring (bicyclic) bond motifs is 13. The molecule has 0 atom stereocenters. The molecule has 134 valence electrons. The molecule has 2 bridgehead atoms. The number of rotatable bonds is 0. The quantitative estimate of drug-likeness (QED) is 0.368. The first kappa shape index (κ1) is 14.0. The van der Waals surface area contributed by atoms with Crippen molar-refractivity contribution in [2.45, 2.75) is 0 Å². The molecule has 0 fully saturated rings. The van der Waals surface area contributed by atoms with Gasteiger partial charge in [-0.25, -0.2) is 4.98 Å². The molecule has 5 heterocycles. The fraction of sp³-hybridized carbons (Fsp3) is 0. The van der Waals surface area contributed by atoms with Gasteiger partial charge in [0.05, 0.1) is 27.5 Å². The second-order valence-corrected chi connectivity index (χ2v) is 7.62. The number of hydrogen-bond acceptors (Lipinski definition) is 3. The van der Waals surface area contributed by atoms with Crippen LogP contribution in [-0.4, -0.2) is 13.8 Å². The third-order valence-electron chi connectivity index (χ3n) is 6.31. The van der Waals surface area contributed by atoms with Gasteiger partial charge in [-0.05, 0) is 12.1 Å². The van der Waals surface area contributed by atoms with E-state index in [0.29, 0.717) is 5.39 Å². The molecule has 0 saturated heterocycles. The van der Waals surface area contributed by atoms with Crippen molar-refractivity contribution in [2.24, 2.45) is 0 Å². The molecule has 0 amide bonds. The van der Waals surface area contributed by atoms with E-state index in [0.717, 1.165) is 60.4 Å². The Kier molecular flexibility index (Phi) is 2.07. The van der Waals surface area contributed by atoms with Crippen LogP contribution >= 0.6 is 0 Å². The van der Waals surface area contributed by atoms with E-state index in [1.54, 1.807) is 6.20 Å². The fourth-order valence-corrected chi connectivity index (χ4v) is 5.27. The van der Waals surface area contributed by atoms with Crippen molar-refractivity contribution in [3.05, 3.63) is 77.2 Å². The predicted octanol–water partition coefficient (Wildman–Crippen LogP) is 5.18. The van der Waals surface area contributed by atoms with Crippen LogP contribution < -0.4 is 5.56 Å². The highest BCUT2D eigenvalue weighted by Gasteiger charge is 2.25. The van der Waals surface area contributed by atoms with E-state index in [9.17, 15) is 4.79 Å². The van der Waals surface area contributed by atoms with E-state index < -0.39 is 0 Å². The van der Waals surface area contributed by atoms with Gasteiger partial charge in [-0.1, -0.05) is 36.4 Å². The third-order valence-corrected chi connectivity index (χ3v) is 6.31. The second kappa shape index (κ2) is 4.31. The SMILES string of the molecule is O=c1ncc2c1c1c3ccccc3n3c4ccc(o4)n4c5ccccc5c2c4c13. The van der Waals surface area contributed by atoms with E-state index in [1.807, 2.05) is 36.4 Å². The summed E-state index contributed by atoms with van der Waals surface area (Å²) in [4.78, 5) is 17.1. The number of para-hydroxylation sites is 2. The summed E-state index contributed by atoms with van der Waals surface area (Å²) in [7, 11) is 0. The summed E-state index contributed by atoms with van der Waals surface area (Å²) in [6, 6.07) is 20.5. The Morgan fingerprint density at radius 1 is 0.655 bits per heavy atom. The molecule has 29 heavy (non-hydrogen) atoms. The summed E-state index contributed by atoms with van der Waals surface area (Å²) in [6.45, 7) is 0. The predicted molar refractivity (Wildman–Crippen MR) is 115 cm³/mol. The summed E-state index contributed by atoms with van der Waals surface area (Å²) in [5, 5.41) is 5.74. The van der Waals surface area contributed by atoms with Crippen LogP contribution in [0.2, 0.25) is 0 Å². The van der Waals surface area contributed by atoms with Crippen molar-refractivity contribution in [1.82, 2.24) is 13.8 Å². The van der Waals surface area contributed by atoms with E-state index >= 15 is 0 Å². The zero-order valence-electron chi connectivity index (χ0n) is 15.0. The molecule has 0 radical (unpaired) electrons. The van der Waals surface area contributed by atoms with Gasteiger partial charge < -0.3 is 4.42 Å². The maximum Gasteiger partial charge on any atom is 0.278 e. The minimum absolute atomic E-state index is 0.176. The van der Waals surface area contributed by atoms with Crippen LogP contribution in [0.4, 0.5) is 0 Å². The molecule has 0 N–H and O–H groups in total. The molecule has 0 aliphatic carbocycles. The van der Waals surface area contributed by atoms with Gasteiger partial charge in [0, 0.05) is 45.3 Å². The summed E-state index contributed by atoms with van der Waals surface area (Å²) in [5.74, 6) is 0. The van der Waals surface area contributed by atoms with Gasteiger partial charge in [0.1, 0.15) is 0 Å². The summed E-state index contributed by atoms with van der Waals surface area (Å²) >= 11 is 0. The highest BCUT2D eigenvalue weighted by atomic mass is 16.4. The Morgan fingerprint density at radius 3 is 1.93 bits per heavy atom. The molecule has 0 saturated carbocycles. The van der Waals surface area contributed by atoms with E-state index in [4.69, 9.17) is 4.42 Å². The van der Waals surface area contributed by atoms with Gasteiger partial charge in [0.25, 0.3) is 5.56 Å². The van der Waals surface area contributed by atoms with Gasteiger partial charge >= 0.3 is 0 Å². The number of furan rings is 1. The lowest BCUT2D eigenvalue weighted by Gasteiger charge is -2.01. The molecular formula is C24H11N3O2. The average molecular weight is 373 g/mol. The van der Waals surface area contributed by atoms with Crippen molar-refractivity contribution in [1.29, 1.82) is 0 Å². The molecule has 0 unspecified atom stereocenters. The molecule has 3 aromatic carbocycles. The summed E-state index contributed by atoms with van der Waals surface area (Å²) < 4.78 is 10.6. The monoisotopic (exact) mass is 373 g/mol. The smallest absolute Gasteiger partial charge is 0.278 e. The second-order valence-electron chi connectivity index (χ2n) is 7.62. The van der Waals surface area contributed by atoms with Crippen molar-refractivity contribution >= 4 is 65.8 Å². The van der Waals surface area contributed by atoms with Gasteiger partial charge in [0.2, 0.25) is 11.4 Å². The molecular weight excluding hydrogens is 362 g/mol. The molecule has 5 heteroatoms. The van der Waals surface area contributed by atoms with Crippen LogP contribution in [0.5, 0.6) is 0 Å². The number of hydrogen-bond donors (Lipinski definition) is 0. The summed E-state index contributed by atoms with van der Waals surface area (Å²) in [5.41, 5.74) is 5.51. The van der Waals surface area contributed by atoms with Crippen LogP contribution in [0.1, 0.15) is 0 Å². The Morgan fingerprint density at radius 2 is 1.24 bits per heavy atom. The maximum absolute atomic E-state index is 12.9. The van der Waals surface area contributed by atoms with Crippen LogP contribution in [0.3, 0.4) is 0 Å². The lowest BCUT2D eigenvalue weighted by Crippen LogP contribution is -1.97. The Balaban J connectivity index is 2.00. The van der Waals surface area contributed by atoms with Crippen LogP contribution in [-0.2, 0) is 0 Å². The topological polar surface area (TPSA) is 51.9 Å². The van der Waals surface area contributed by atoms with Crippen molar-refractivity contribution in [2.75, 3.05) is 0 Å². The molecule has 5 aromatic heterocycles. The molecule has 8 rings (SSSR count). The fourth-order valence-electron chi connectivity index (χ4n) is 5.27.